The Labute approximate surface area is 83.0 Å². The lowest BCUT2D eigenvalue weighted by Crippen LogP contribution is -1.97. The van der Waals surface area contributed by atoms with Gasteiger partial charge in [0.1, 0.15) is 12.0 Å². The molecule has 2 heterocycles. The molecule has 0 aliphatic heterocycles. The molecular formula is C8H7BrN2O2. The predicted octanol–water partition coefficient (Wildman–Crippen LogP) is 2.64. The lowest BCUT2D eigenvalue weighted by molar-refractivity contribution is 0.421. The molecule has 0 aromatic carbocycles. The summed E-state index contributed by atoms with van der Waals surface area (Å²) in [7, 11) is 0. The fourth-order valence-electron chi connectivity index (χ4n) is 0.928. The highest BCUT2D eigenvalue weighted by molar-refractivity contribution is 9.10. The van der Waals surface area contributed by atoms with Gasteiger partial charge in [-0.2, -0.15) is 0 Å². The molecule has 0 saturated heterocycles. The Morgan fingerprint density at radius 2 is 2.31 bits per heavy atom. The van der Waals surface area contributed by atoms with E-state index in [0.29, 0.717) is 12.4 Å². The van der Waals surface area contributed by atoms with Crippen LogP contribution in [0.1, 0.15) is 5.76 Å². The Kier molecular flexibility index (Phi) is 2.35. The van der Waals surface area contributed by atoms with Gasteiger partial charge in [0.2, 0.25) is 0 Å². The van der Waals surface area contributed by atoms with Gasteiger partial charge >= 0.3 is 0 Å². The number of aromatic nitrogens is 1. The first-order valence-electron chi connectivity index (χ1n) is 3.73. The average molecular weight is 243 g/mol. The van der Waals surface area contributed by atoms with Crippen molar-refractivity contribution >= 4 is 21.7 Å². The molecule has 0 spiro atoms. The topological polar surface area (TPSA) is 51.2 Å². The van der Waals surface area contributed by atoms with Crippen LogP contribution in [0, 0.1) is 0 Å². The number of furan rings is 1. The van der Waals surface area contributed by atoms with Crippen LogP contribution in [-0.2, 0) is 6.54 Å². The number of nitrogens with zero attached hydrogens (tertiary/aromatic N) is 1. The van der Waals surface area contributed by atoms with Gasteiger partial charge in [0.05, 0.1) is 6.54 Å². The minimum atomic E-state index is 0.595. The predicted molar refractivity (Wildman–Crippen MR) is 50.2 cm³/mol. The third kappa shape index (κ3) is 2.12. The molecule has 2 aromatic heterocycles. The van der Waals surface area contributed by atoms with Crippen LogP contribution in [0.3, 0.4) is 0 Å². The van der Waals surface area contributed by atoms with E-state index in [1.165, 1.54) is 6.26 Å². The van der Waals surface area contributed by atoms with E-state index >= 15 is 0 Å². The third-order valence-corrected chi connectivity index (χ3v) is 1.94. The van der Waals surface area contributed by atoms with Gasteiger partial charge in [-0.3, -0.25) is 0 Å². The number of nitrogens with one attached hydrogen (secondary N) is 1. The van der Waals surface area contributed by atoms with E-state index < -0.39 is 0 Å². The van der Waals surface area contributed by atoms with Crippen LogP contribution in [0.25, 0.3) is 0 Å². The molecular weight excluding hydrogens is 236 g/mol. The molecule has 4 nitrogen and oxygen atoms in total. The Hall–Kier alpha value is -1.23. The van der Waals surface area contributed by atoms with Crippen LogP contribution in [0.5, 0.6) is 0 Å². The summed E-state index contributed by atoms with van der Waals surface area (Å²) in [4.78, 5) is 0. The maximum atomic E-state index is 5.28. The SMILES string of the molecule is Brc1ccc(CNc2ccon2)o1. The van der Waals surface area contributed by atoms with E-state index in [1.807, 2.05) is 12.1 Å². The fourth-order valence-corrected chi connectivity index (χ4v) is 1.27. The molecule has 68 valence electrons. The molecule has 0 unspecified atom stereocenters. The van der Waals surface area contributed by atoms with Crippen molar-refractivity contribution < 1.29 is 8.94 Å². The third-order valence-electron chi connectivity index (χ3n) is 1.51. The van der Waals surface area contributed by atoms with Crippen molar-refractivity contribution in [3.05, 3.63) is 34.9 Å². The van der Waals surface area contributed by atoms with Crippen LogP contribution in [0.15, 0.2) is 38.1 Å². The molecule has 2 rings (SSSR count). The highest BCUT2D eigenvalue weighted by Gasteiger charge is 2.00. The van der Waals surface area contributed by atoms with Crippen LogP contribution >= 0.6 is 15.9 Å². The second-order valence-electron chi connectivity index (χ2n) is 2.44. The lowest BCUT2D eigenvalue weighted by atomic mass is 10.4. The second-order valence-corrected chi connectivity index (χ2v) is 3.23. The average Bonchev–Trinajstić information content (AvgIpc) is 2.71. The highest BCUT2D eigenvalue weighted by Crippen LogP contribution is 2.14. The molecule has 13 heavy (non-hydrogen) atoms. The smallest absolute Gasteiger partial charge is 0.169 e. The maximum Gasteiger partial charge on any atom is 0.169 e. The van der Waals surface area contributed by atoms with Gasteiger partial charge in [-0.15, -0.1) is 0 Å². The van der Waals surface area contributed by atoms with E-state index in [4.69, 9.17) is 4.42 Å². The lowest BCUT2D eigenvalue weighted by Gasteiger charge is -1.96. The number of rotatable bonds is 3. The number of anilines is 1. The molecule has 0 aliphatic rings. The summed E-state index contributed by atoms with van der Waals surface area (Å²) in [6.07, 6.45) is 1.51. The summed E-state index contributed by atoms with van der Waals surface area (Å²) in [5.41, 5.74) is 0. The number of halogens is 1. The summed E-state index contributed by atoms with van der Waals surface area (Å²) in [6.45, 7) is 0.595. The number of hydrogen-bond donors (Lipinski definition) is 1. The molecule has 0 bridgehead atoms. The largest absolute Gasteiger partial charge is 0.452 e. The zero-order valence-corrected chi connectivity index (χ0v) is 8.24. The Morgan fingerprint density at radius 1 is 1.38 bits per heavy atom. The standard InChI is InChI=1S/C8H7BrN2O2/c9-7-2-1-6(13-7)5-10-8-3-4-12-11-8/h1-4H,5H2,(H,10,11). The van der Waals surface area contributed by atoms with Gasteiger partial charge in [-0.1, -0.05) is 5.16 Å². The fraction of sp³-hybridized carbons (Fsp3) is 0.125. The van der Waals surface area contributed by atoms with Crippen LogP contribution < -0.4 is 5.32 Å². The molecule has 0 saturated carbocycles. The van der Waals surface area contributed by atoms with Gasteiger partial charge in [0.25, 0.3) is 0 Å². The van der Waals surface area contributed by atoms with Gasteiger partial charge in [0, 0.05) is 6.07 Å². The normalized spacial score (nSPS) is 10.2. The van der Waals surface area contributed by atoms with E-state index in [9.17, 15) is 0 Å². The van der Waals surface area contributed by atoms with E-state index in [-0.39, 0.29) is 0 Å². The molecule has 0 radical (unpaired) electrons. The zero-order chi connectivity index (χ0) is 9.10. The van der Waals surface area contributed by atoms with Crippen LogP contribution in [0.4, 0.5) is 5.82 Å². The van der Waals surface area contributed by atoms with Crippen molar-refractivity contribution in [2.75, 3.05) is 5.32 Å². The van der Waals surface area contributed by atoms with Gasteiger partial charge in [0.15, 0.2) is 10.5 Å². The Bertz CT molecular complexity index is 369. The van der Waals surface area contributed by atoms with Gasteiger partial charge < -0.3 is 14.3 Å². The summed E-state index contributed by atoms with van der Waals surface area (Å²) in [5.74, 6) is 1.54. The summed E-state index contributed by atoms with van der Waals surface area (Å²) in [6, 6.07) is 5.48. The minimum Gasteiger partial charge on any atom is -0.452 e. The van der Waals surface area contributed by atoms with Gasteiger partial charge in [-0.25, -0.2) is 0 Å². The first kappa shape index (κ1) is 8.37. The monoisotopic (exact) mass is 242 g/mol. The molecule has 1 N–H and O–H groups in total. The first-order valence-corrected chi connectivity index (χ1v) is 4.52. The van der Waals surface area contributed by atoms with Crippen molar-refractivity contribution in [1.29, 1.82) is 0 Å². The second kappa shape index (κ2) is 3.66. The quantitative estimate of drug-likeness (QED) is 0.900. The Balaban J connectivity index is 1.93. The molecule has 2 aromatic rings. The molecule has 0 aliphatic carbocycles. The van der Waals surface area contributed by atoms with E-state index in [0.717, 1.165) is 10.4 Å². The molecule has 0 amide bonds. The highest BCUT2D eigenvalue weighted by atomic mass is 79.9. The minimum absolute atomic E-state index is 0.595. The van der Waals surface area contributed by atoms with Crippen molar-refractivity contribution in [2.24, 2.45) is 0 Å². The first-order chi connectivity index (χ1) is 6.34. The van der Waals surface area contributed by atoms with Crippen molar-refractivity contribution in [1.82, 2.24) is 5.16 Å². The molecule has 0 fully saturated rings. The summed E-state index contributed by atoms with van der Waals surface area (Å²) in [5, 5.41) is 6.73. The van der Waals surface area contributed by atoms with Crippen molar-refractivity contribution in [3.63, 3.8) is 0 Å². The maximum absolute atomic E-state index is 5.28. The van der Waals surface area contributed by atoms with E-state index in [2.05, 4.69) is 30.9 Å². The molecule has 0 atom stereocenters. The number of hydrogen-bond acceptors (Lipinski definition) is 4. The van der Waals surface area contributed by atoms with E-state index in [1.54, 1.807) is 6.07 Å². The Morgan fingerprint density at radius 3 is 2.92 bits per heavy atom. The zero-order valence-electron chi connectivity index (χ0n) is 6.66. The van der Waals surface area contributed by atoms with Crippen LogP contribution in [0.2, 0.25) is 0 Å². The summed E-state index contributed by atoms with van der Waals surface area (Å²) < 4.78 is 10.7. The van der Waals surface area contributed by atoms with Crippen LogP contribution in [-0.4, -0.2) is 5.16 Å². The van der Waals surface area contributed by atoms with Gasteiger partial charge in [-0.05, 0) is 28.1 Å². The van der Waals surface area contributed by atoms with Crippen molar-refractivity contribution in [2.45, 2.75) is 6.54 Å². The summed E-state index contributed by atoms with van der Waals surface area (Å²) >= 11 is 3.22. The molecule has 5 heteroatoms. The van der Waals surface area contributed by atoms with Crippen molar-refractivity contribution in [3.8, 4) is 0 Å².